The second kappa shape index (κ2) is 10.8. The average Bonchev–Trinajstić information content (AvgIpc) is 3.10. The number of nitrogens with one attached hydrogen (secondary N) is 1. The van der Waals surface area contributed by atoms with Gasteiger partial charge >= 0.3 is 6.09 Å². The summed E-state index contributed by atoms with van der Waals surface area (Å²) in [6.07, 6.45) is 3.84. The molecule has 2 fully saturated rings. The van der Waals surface area contributed by atoms with Gasteiger partial charge in [-0.2, -0.15) is 0 Å². The third-order valence-corrected chi connectivity index (χ3v) is 6.39. The minimum Gasteiger partial charge on any atom is -0.474 e. The summed E-state index contributed by atoms with van der Waals surface area (Å²) in [4.78, 5) is 44.9. The van der Waals surface area contributed by atoms with Gasteiger partial charge in [-0.25, -0.2) is 14.8 Å². The predicted molar refractivity (Wildman–Crippen MR) is 129 cm³/mol. The molecule has 0 spiro atoms. The molecule has 0 radical (unpaired) electrons. The summed E-state index contributed by atoms with van der Waals surface area (Å²) in [5.74, 6) is 1.07. The maximum atomic E-state index is 11.8. The number of hydrogen-bond acceptors (Lipinski definition) is 8. The number of carboxylic acid groups (broad SMARTS) is 1. The molecular formula is C24H26N4O6S. The van der Waals surface area contributed by atoms with E-state index >= 15 is 0 Å². The first-order valence-corrected chi connectivity index (χ1v) is 12.1. The minimum atomic E-state index is -0.900. The van der Waals surface area contributed by atoms with Gasteiger partial charge in [-0.3, -0.25) is 14.9 Å². The lowest BCUT2D eigenvalue weighted by Crippen LogP contribution is -2.48. The molecule has 2 aliphatic heterocycles. The molecule has 0 saturated carbocycles. The van der Waals surface area contributed by atoms with Crippen LogP contribution in [0.4, 0.5) is 9.59 Å². The zero-order valence-electron chi connectivity index (χ0n) is 19.3. The standard InChI is InChI=1S/C24H26N4O6S/c1-14(2)8-16-11-18(6-7-28(16)24(31)32)34-21-12-20(25-13-26-21)33-17-5-3-4-15(9-17)10-19-22(29)27-23(30)35-19/h3-5,9-10,12-14,16,18H,6-8,11H2,1-2H3,(H,31,32)(H,27,29,30)/b19-10-. The molecular weight excluding hydrogens is 472 g/mol. The molecule has 10 nitrogen and oxygen atoms in total. The van der Waals surface area contributed by atoms with E-state index in [-0.39, 0.29) is 18.0 Å². The van der Waals surface area contributed by atoms with Gasteiger partial charge in [0, 0.05) is 25.4 Å². The molecule has 2 N–H and O–H groups in total. The average molecular weight is 499 g/mol. The van der Waals surface area contributed by atoms with Crippen molar-refractivity contribution < 1.29 is 29.0 Å². The molecule has 0 aliphatic carbocycles. The van der Waals surface area contributed by atoms with Gasteiger partial charge in [-0.15, -0.1) is 0 Å². The van der Waals surface area contributed by atoms with E-state index in [1.807, 2.05) is 0 Å². The van der Waals surface area contributed by atoms with Crippen molar-refractivity contribution in [2.24, 2.45) is 5.92 Å². The third kappa shape index (κ3) is 6.50. The fourth-order valence-electron chi connectivity index (χ4n) is 4.12. The van der Waals surface area contributed by atoms with Crippen LogP contribution in [0.3, 0.4) is 0 Å². The Bertz CT molecular complexity index is 1150. The number of piperidine rings is 1. The number of aromatic nitrogens is 2. The van der Waals surface area contributed by atoms with Gasteiger partial charge in [0.1, 0.15) is 18.2 Å². The summed E-state index contributed by atoms with van der Waals surface area (Å²) in [7, 11) is 0. The number of nitrogens with zero attached hydrogens (tertiary/aromatic N) is 3. The Morgan fingerprint density at radius 2 is 2.09 bits per heavy atom. The number of hydrogen-bond donors (Lipinski definition) is 2. The largest absolute Gasteiger partial charge is 0.474 e. The van der Waals surface area contributed by atoms with Gasteiger partial charge in [0.15, 0.2) is 0 Å². The van der Waals surface area contributed by atoms with Crippen molar-refractivity contribution in [3.63, 3.8) is 0 Å². The van der Waals surface area contributed by atoms with Crippen LogP contribution in [0.15, 0.2) is 41.6 Å². The molecule has 1 aromatic heterocycles. The fraction of sp³-hybridized carbons (Fsp3) is 0.375. The molecule has 2 saturated heterocycles. The SMILES string of the molecule is CC(C)CC1CC(Oc2cc(Oc3cccc(/C=C4\SC(=O)NC4=O)c3)ncn2)CCN1C(=O)O. The van der Waals surface area contributed by atoms with Gasteiger partial charge in [0.05, 0.1) is 11.0 Å². The zero-order chi connectivity index (χ0) is 24.9. The molecule has 4 rings (SSSR count). The van der Waals surface area contributed by atoms with E-state index < -0.39 is 17.2 Å². The van der Waals surface area contributed by atoms with Crippen LogP contribution in [0.5, 0.6) is 17.5 Å². The molecule has 2 unspecified atom stereocenters. The van der Waals surface area contributed by atoms with Crippen molar-refractivity contribution in [2.75, 3.05) is 6.54 Å². The van der Waals surface area contributed by atoms with Crippen LogP contribution in [0.1, 0.15) is 38.7 Å². The van der Waals surface area contributed by atoms with E-state index in [4.69, 9.17) is 9.47 Å². The van der Waals surface area contributed by atoms with Gasteiger partial charge in [-0.05, 0) is 47.9 Å². The first kappa shape index (κ1) is 24.5. The lowest BCUT2D eigenvalue weighted by Gasteiger charge is -2.38. The van der Waals surface area contributed by atoms with Gasteiger partial charge in [0.2, 0.25) is 11.8 Å². The summed E-state index contributed by atoms with van der Waals surface area (Å²) in [6, 6.07) is 8.52. The minimum absolute atomic E-state index is 0.101. The normalized spacial score (nSPS) is 21.3. The van der Waals surface area contributed by atoms with E-state index in [1.165, 1.54) is 11.2 Å². The Hall–Kier alpha value is -3.60. The van der Waals surface area contributed by atoms with E-state index in [0.717, 1.165) is 18.2 Å². The van der Waals surface area contributed by atoms with E-state index in [9.17, 15) is 19.5 Å². The summed E-state index contributed by atoms with van der Waals surface area (Å²) < 4.78 is 11.9. The summed E-state index contributed by atoms with van der Waals surface area (Å²) in [5, 5.41) is 11.3. The first-order chi connectivity index (χ1) is 16.8. The van der Waals surface area contributed by atoms with Crippen LogP contribution in [0.2, 0.25) is 0 Å². The maximum Gasteiger partial charge on any atom is 0.407 e. The lowest BCUT2D eigenvalue weighted by atomic mass is 9.92. The molecule has 184 valence electrons. The second-order valence-electron chi connectivity index (χ2n) is 8.74. The van der Waals surface area contributed by atoms with Crippen LogP contribution in [0, 0.1) is 5.92 Å². The third-order valence-electron chi connectivity index (χ3n) is 5.58. The number of ether oxygens (including phenoxy) is 2. The summed E-state index contributed by atoms with van der Waals surface area (Å²) in [6.45, 7) is 4.56. The summed E-state index contributed by atoms with van der Waals surface area (Å²) in [5.41, 5.74) is 0.696. The highest BCUT2D eigenvalue weighted by Gasteiger charge is 2.33. The Kier molecular flexibility index (Phi) is 7.54. The van der Waals surface area contributed by atoms with Crippen LogP contribution in [-0.4, -0.2) is 55.9 Å². The predicted octanol–water partition coefficient (Wildman–Crippen LogP) is 4.53. The molecule has 3 heterocycles. The zero-order valence-corrected chi connectivity index (χ0v) is 20.2. The molecule has 2 atom stereocenters. The highest BCUT2D eigenvalue weighted by molar-refractivity contribution is 8.18. The second-order valence-corrected chi connectivity index (χ2v) is 9.76. The number of likely N-dealkylation sites (tertiary alicyclic amines) is 1. The fourth-order valence-corrected chi connectivity index (χ4v) is 4.80. The number of benzene rings is 1. The number of imide groups is 1. The maximum absolute atomic E-state index is 11.8. The number of carbonyl (C=O) groups is 3. The molecule has 0 bridgehead atoms. The van der Waals surface area contributed by atoms with Gasteiger partial charge in [0.25, 0.3) is 11.1 Å². The quantitative estimate of drug-likeness (QED) is 0.529. The van der Waals surface area contributed by atoms with Crippen molar-refractivity contribution in [3.8, 4) is 17.5 Å². The highest BCUT2D eigenvalue weighted by Crippen LogP contribution is 2.29. The highest BCUT2D eigenvalue weighted by atomic mass is 32.2. The van der Waals surface area contributed by atoms with Crippen LogP contribution in [0.25, 0.3) is 6.08 Å². The lowest BCUT2D eigenvalue weighted by molar-refractivity contribution is -0.115. The van der Waals surface area contributed by atoms with Crippen molar-refractivity contribution >= 4 is 35.1 Å². The molecule has 2 aromatic rings. The molecule has 11 heteroatoms. The molecule has 2 aliphatic rings. The van der Waals surface area contributed by atoms with Gasteiger partial charge < -0.3 is 19.5 Å². The Balaban J connectivity index is 1.42. The van der Waals surface area contributed by atoms with Crippen LogP contribution in [-0.2, 0) is 4.79 Å². The smallest absolute Gasteiger partial charge is 0.407 e. The Morgan fingerprint density at radius 1 is 1.29 bits per heavy atom. The Morgan fingerprint density at radius 3 is 2.80 bits per heavy atom. The number of carbonyl (C=O) groups excluding carboxylic acids is 2. The van der Waals surface area contributed by atoms with Crippen molar-refractivity contribution in [3.05, 3.63) is 47.1 Å². The number of amides is 3. The van der Waals surface area contributed by atoms with E-state index in [2.05, 4.69) is 29.1 Å². The van der Waals surface area contributed by atoms with Crippen molar-refractivity contribution in [1.82, 2.24) is 20.2 Å². The number of thioether (sulfide) groups is 1. The van der Waals surface area contributed by atoms with E-state index in [0.29, 0.717) is 47.4 Å². The molecule has 35 heavy (non-hydrogen) atoms. The van der Waals surface area contributed by atoms with Crippen molar-refractivity contribution in [2.45, 2.75) is 45.3 Å². The van der Waals surface area contributed by atoms with Crippen molar-refractivity contribution in [1.29, 1.82) is 0 Å². The monoisotopic (exact) mass is 498 g/mol. The topological polar surface area (TPSA) is 131 Å². The summed E-state index contributed by atoms with van der Waals surface area (Å²) >= 11 is 0.850. The Labute approximate surface area is 206 Å². The number of rotatable bonds is 7. The molecule has 1 aromatic carbocycles. The van der Waals surface area contributed by atoms with Gasteiger partial charge in [-0.1, -0.05) is 26.0 Å². The molecule has 3 amide bonds. The van der Waals surface area contributed by atoms with Crippen LogP contribution < -0.4 is 14.8 Å². The van der Waals surface area contributed by atoms with E-state index in [1.54, 1.807) is 36.4 Å². The first-order valence-electron chi connectivity index (χ1n) is 11.3. The van der Waals surface area contributed by atoms with Crippen LogP contribution >= 0.6 is 11.8 Å².